The van der Waals surface area contributed by atoms with Crippen molar-refractivity contribution in [2.24, 2.45) is 0 Å². The van der Waals surface area contributed by atoms with Gasteiger partial charge >= 0.3 is 0 Å². The van der Waals surface area contributed by atoms with E-state index >= 15 is 0 Å². The maximum absolute atomic E-state index is 11.6. The molecule has 4 nitrogen and oxygen atoms in total. The van der Waals surface area contributed by atoms with Crippen LogP contribution >= 0.6 is 0 Å². The summed E-state index contributed by atoms with van der Waals surface area (Å²) in [7, 11) is -3.29. The van der Waals surface area contributed by atoms with Crippen LogP contribution in [0.15, 0.2) is 0 Å². The Labute approximate surface area is 93.1 Å². The molecule has 0 aromatic heterocycles. The zero-order valence-corrected chi connectivity index (χ0v) is 11.1. The zero-order chi connectivity index (χ0) is 12.3. The Balaban J connectivity index is 4.59. The van der Waals surface area contributed by atoms with Gasteiger partial charge in [0.1, 0.15) is 0 Å². The molecule has 0 spiro atoms. The minimum absolute atomic E-state index is 0.114. The zero-order valence-electron chi connectivity index (χ0n) is 10.3. The summed E-state index contributed by atoms with van der Waals surface area (Å²) < 4.78 is 25.8. The van der Waals surface area contributed by atoms with E-state index in [1.54, 1.807) is 27.7 Å². The SMILES string of the molecule is CCCCS(=O)(=O)NC(C)(C)C(C)(C)O. The van der Waals surface area contributed by atoms with Gasteiger partial charge in [-0.1, -0.05) is 13.3 Å². The van der Waals surface area contributed by atoms with Crippen LogP contribution in [-0.2, 0) is 10.0 Å². The number of sulfonamides is 1. The lowest BCUT2D eigenvalue weighted by Crippen LogP contribution is -2.58. The lowest BCUT2D eigenvalue weighted by Gasteiger charge is -2.37. The quantitative estimate of drug-likeness (QED) is 0.731. The molecule has 0 aromatic rings. The first kappa shape index (κ1) is 14.9. The maximum Gasteiger partial charge on any atom is 0.212 e. The average molecular weight is 237 g/mol. The second-order valence-corrected chi connectivity index (χ2v) is 6.80. The topological polar surface area (TPSA) is 66.4 Å². The van der Waals surface area contributed by atoms with E-state index in [0.29, 0.717) is 6.42 Å². The molecule has 0 rings (SSSR count). The molecule has 2 N–H and O–H groups in total. The Bertz CT molecular complexity index is 288. The van der Waals surface area contributed by atoms with E-state index in [1.165, 1.54) is 0 Å². The Hall–Kier alpha value is -0.130. The van der Waals surface area contributed by atoms with Gasteiger partial charge < -0.3 is 5.11 Å². The predicted octanol–water partition coefficient (Wildman–Crippen LogP) is 1.26. The van der Waals surface area contributed by atoms with Crippen molar-refractivity contribution in [2.75, 3.05) is 5.75 Å². The number of rotatable bonds is 6. The molecule has 0 bridgehead atoms. The Kier molecular flexibility index (Phi) is 4.76. The molecule has 0 aliphatic heterocycles. The van der Waals surface area contributed by atoms with E-state index in [4.69, 9.17) is 0 Å². The molecule has 5 heteroatoms. The Morgan fingerprint density at radius 1 is 1.20 bits per heavy atom. The first-order chi connectivity index (χ1) is 6.52. The molecule has 0 aromatic carbocycles. The van der Waals surface area contributed by atoms with Crippen molar-refractivity contribution < 1.29 is 13.5 Å². The standard InChI is InChI=1S/C10H23NO3S/c1-6-7-8-15(13,14)11-9(2,3)10(4,5)12/h11-12H,6-8H2,1-5H3. The summed E-state index contributed by atoms with van der Waals surface area (Å²) in [6.07, 6.45) is 1.47. The molecule has 15 heavy (non-hydrogen) atoms. The van der Waals surface area contributed by atoms with Gasteiger partial charge in [-0.05, 0) is 34.1 Å². The van der Waals surface area contributed by atoms with E-state index in [0.717, 1.165) is 6.42 Å². The summed E-state index contributed by atoms with van der Waals surface area (Å²) in [5, 5.41) is 9.81. The van der Waals surface area contributed by atoms with Crippen LogP contribution in [0.4, 0.5) is 0 Å². The van der Waals surface area contributed by atoms with Crippen molar-refractivity contribution in [1.82, 2.24) is 4.72 Å². The van der Waals surface area contributed by atoms with Crippen LogP contribution in [0, 0.1) is 0 Å². The van der Waals surface area contributed by atoms with E-state index in [1.807, 2.05) is 6.92 Å². The first-order valence-corrected chi connectivity index (χ1v) is 6.91. The second-order valence-electron chi connectivity index (χ2n) is 4.96. The minimum atomic E-state index is -3.29. The third kappa shape index (κ3) is 4.95. The van der Waals surface area contributed by atoms with E-state index in [2.05, 4.69) is 4.72 Å². The first-order valence-electron chi connectivity index (χ1n) is 5.26. The molecule has 0 amide bonds. The van der Waals surface area contributed by atoms with Gasteiger partial charge in [0.15, 0.2) is 0 Å². The van der Waals surface area contributed by atoms with Crippen LogP contribution in [0.3, 0.4) is 0 Å². The van der Waals surface area contributed by atoms with Crippen molar-refractivity contribution >= 4 is 10.0 Å². The highest BCUT2D eigenvalue weighted by Crippen LogP contribution is 2.21. The van der Waals surface area contributed by atoms with Crippen molar-refractivity contribution in [3.05, 3.63) is 0 Å². The largest absolute Gasteiger partial charge is 0.389 e. The molecule has 92 valence electrons. The van der Waals surface area contributed by atoms with Gasteiger partial charge in [-0.25, -0.2) is 13.1 Å². The highest BCUT2D eigenvalue weighted by molar-refractivity contribution is 7.89. The van der Waals surface area contributed by atoms with Gasteiger partial charge in [0.05, 0.1) is 16.9 Å². The highest BCUT2D eigenvalue weighted by Gasteiger charge is 2.38. The van der Waals surface area contributed by atoms with Crippen LogP contribution in [0.25, 0.3) is 0 Å². The van der Waals surface area contributed by atoms with Crippen molar-refractivity contribution in [3.63, 3.8) is 0 Å². The van der Waals surface area contributed by atoms with Gasteiger partial charge in [0.2, 0.25) is 10.0 Å². The summed E-state index contributed by atoms with van der Waals surface area (Å²) >= 11 is 0. The third-order valence-corrected chi connectivity index (χ3v) is 4.35. The van der Waals surface area contributed by atoms with Gasteiger partial charge in [0.25, 0.3) is 0 Å². The summed E-state index contributed by atoms with van der Waals surface area (Å²) in [5.74, 6) is 0.114. The fourth-order valence-corrected chi connectivity index (χ4v) is 2.70. The highest BCUT2D eigenvalue weighted by atomic mass is 32.2. The fourth-order valence-electron chi connectivity index (χ4n) is 0.899. The molecule has 0 saturated carbocycles. The summed E-state index contributed by atoms with van der Waals surface area (Å²) in [4.78, 5) is 0. The molecule has 0 heterocycles. The number of hydrogen-bond donors (Lipinski definition) is 2. The molecule has 0 aliphatic rings. The molecule has 0 saturated heterocycles. The van der Waals surface area contributed by atoms with Crippen LogP contribution < -0.4 is 4.72 Å². The van der Waals surface area contributed by atoms with Gasteiger partial charge in [-0.15, -0.1) is 0 Å². The van der Waals surface area contributed by atoms with Crippen LogP contribution in [0.2, 0.25) is 0 Å². The average Bonchev–Trinajstić information content (AvgIpc) is 1.96. The molecular formula is C10H23NO3S. The van der Waals surface area contributed by atoms with E-state index in [-0.39, 0.29) is 5.75 Å². The van der Waals surface area contributed by atoms with Gasteiger partial charge in [0, 0.05) is 0 Å². The lowest BCUT2D eigenvalue weighted by molar-refractivity contribution is 0.00639. The Morgan fingerprint density at radius 3 is 2.00 bits per heavy atom. The molecule has 0 aliphatic carbocycles. The Morgan fingerprint density at radius 2 is 1.67 bits per heavy atom. The number of aliphatic hydroxyl groups is 1. The molecule has 0 atom stereocenters. The number of nitrogens with one attached hydrogen (secondary N) is 1. The predicted molar refractivity (Wildman–Crippen MR) is 62.2 cm³/mol. The molecular weight excluding hydrogens is 214 g/mol. The van der Waals surface area contributed by atoms with Crippen LogP contribution in [0.5, 0.6) is 0 Å². The smallest absolute Gasteiger partial charge is 0.212 e. The number of hydrogen-bond acceptors (Lipinski definition) is 3. The number of unbranched alkanes of at least 4 members (excludes halogenated alkanes) is 1. The summed E-state index contributed by atoms with van der Waals surface area (Å²) in [6, 6.07) is 0. The van der Waals surface area contributed by atoms with Gasteiger partial charge in [-0.2, -0.15) is 0 Å². The normalized spacial score (nSPS) is 14.3. The summed E-state index contributed by atoms with van der Waals surface area (Å²) in [5.41, 5.74) is -1.95. The molecule has 0 unspecified atom stereocenters. The molecule has 0 radical (unpaired) electrons. The van der Waals surface area contributed by atoms with Crippen molar-refractivity contribution in [3.8, 4) is 0 Å². The maximum atomic E-state index is 11.6. The lowest BCUT2D eigenvalue weighted by atomic mass is 9.87. The van der Waals surface area contributed by atoms with Crippen molar-refractivity contribution in [1.29, 1.82) is 0 Å². The van der Waals surface area contributed by atoms with Crippen LogP contribution in [-0.4, -0.2) is 30.4 Å². The fraction of sp³-hybridized carbons (Fsp3) is 1.00. The van der Waals surface area contributed by atoms with Gasteiger partial charge in [-0.3, -0.25) is 0 Å². The van der Waals surface area contributed by atoms with Crippen molar-refractivity contribution in [2.45, 2.75) is 58.6 Å². The summed E-state index contributed by atoms with van der Waals surface area (Å²) in [6.45, 7) is 8.48. The molecule has 0 fully saturated rings. The van der Waals surface area contributed by atoms with E-state index < -0.39 is 21.2 Å². The second kappa shape index (κ2) is 4.80. The third-order valence-electron chi connectivity index (χ3n) is 2.71. The van der Waals surface area contributed by atoms with E-state index in [9.17, 15) is 13.5 Å². The van der Waals surface area contributed by atoms with Crippen LogP contribution in [0.1, 0.15) is 47.5 Å². The minimum Gasteiger partial charge on any atom is -0.389 e. The monoisotopic (exact) mass is 237 g/mol.